The number of halogens is 3. The molecule has 0 aliphatic carbocycles. The molecule has 0 saturated heterocycles. The fourth-order valence-corrected chi connectivity index (χ4v) is 3.18. The molecule has 1 aliphatic rings. The molecule has 1 aliphatic heterocycles. The monoisotopic (exact) mass is 344 g/mol. The van der Waals surface area contributed by atoms with Gasteiger partial charge in [0.2, 0.25) is 0 Å². The van der Waals surface area contributed by atoms with Gasteiger partial charge in [-0.15, -0.1) is 0 Å². The number of hydrogen-bond acceptors (Lipinski definition) is 3. The summed E-state index contributed by atoms with van der Waals surface area (Å²) in [5.74, 6) is 0.100. The molecule has 0 radical (unpaired) electrons. The number of ether oxygens (including phenoxy) is 1. The van der Waals surface area contributed by atoms with E-state index in [2.05, 4.69) is 0 Å². The van der Waals surface area contributed by atoms with Gasteiger partial charge in [0.05, 0.1) is 12.2 Å². The fourth-order valence-electron chi connectivity index (χ4n) is 2.48. The first-order valence-corrected chi connectivity index (χ1v) is 8.05. The van der Waals surface area contributed by atoms with Crippen molar-refractivity contribution in [1.29, 1.82) is 0 Å². The third kappa shape index (κ3) is 3.04. The Labute approximate surface area is 130 Å². The molecule has 2 aromatic rings. The molecule has 0 saturated carbocycles. The Morgan fingerprint density at radius 3 is 2.26 bits per heavy atom. The second-order valence-electron chi connectivity index (χ2n) is 5.11. The summed E-state index contributed by atoms with van der Waals surface area (Å²) in [7, 11) is -4.49. The van der Waals surface area contributed by atoms with Crippen LogP contribution in [0.3, 0.4) is 0 Å². The quantitative estimate of drug-likeness (QED) is 0.846. The van der Waals surface area contributed by atoms with Crippen molar-refractivity contribution < 1.29 is 30.9 Å². The minimum absolute atomic E-state index is 0.100. The van der Waals surface area contributed by atoms with E-state index >= 15 is 0 Å². The van der Waals surface area contributed by atoms with Gasteiger partial charge in [0.15, 0.2) is 0 Å². The number of alkyl halides is 3. The van der Waals surface area contributed by atoms with Crippen LogP contribution in [0, 0.1) is 0 Å². The molecule has 1 N–H and O–H groups in total. The van der Waals surface area contributed by atoms with E-state index in [1.54, 1.807) is 6.07 Å². The maximum Gasteiger partial charge on any atom is 0.416 e. The van der Waals surface area contributed by atoms with Gasteiger partial charge in [-0.1, -0.05) is 12.1 Å². The summed E-state index contributed by atoms with van der Waals surface area (Å²) in [6.45, 7) is 0.286. The van der Waals surface area contributed by atoms with Crippen LogP contribution in [0.1, 0.15) is 11.1 Å². The van der Waals surface area contributed by atoms with Gasteiger partial charge in [-0.25, -0.2) is 0 Å². The summed E-state index contributed by atoms with van der Waals surface area (Å²) in [6.07, 6.45) is -3.98. The van der Waals surface area contributed by atoms with Gasteiger partial charge in [0.25, 0.3) is 10.1 Å². The van der Waals surface area contributed by atoms with Gasteiger partial charge in [0, 0.05) is 6.42 Å². The van der Waals surface area contributed by atoms with Gasteiger partial charge in [-0.05, 0) is 41.0 Å². The fraction of sp³-hybridized carbons (Fsp3) is 0.200. The Hall–Kier alpha value is -2.06. The Bertz CT molecular complexity index is 856. The normalized spacial score (nSPS) is 14.4. The van der Waals surface area contributed by atoms with Crippen molar-refractivity contribution in [2.75, 3.05) is 6.61 Å². The van der Waals surface area contributed by atoms with Gasteiger partial charge >= 0.3 is 6.18 Å². The number of fused-ring (bicyclic) bond motifs is 1. The van der Waals surface area contributed by atoms with E-state index in [4.69, 9.17) is 4.74 Å². The summed E-state index contributed by atoms with van der Waals surface area (Å²) >= 11 is 0. The summed E-state index contributed by atoms with van der Waals surface area (Å²) in [5, 5.41) is 0. The molecule has 23 heavy (non-hydrogen) atoms. The first-order valence-electron chi connectivity index (χ1n) is 6.61. The Kier molecular flexibility index (Phi) is 3.61. The SMILES string of the molecule is O=S(=O)(O)c1cc(-c2ccc(C(F)(F)F)cc2)cc2c1OCC2. The van der Waals surface area contributed by atoms with Gasteiger partial charge in [0.1, 0.15) is 10.6 Å². The molecular formula is C15H11F3O4S. The zero-order valence-corrected chi connectivity index (χ0v) is 12.4. The molecule has 4 nitrogen and oxygen atoms in total. The number of hydrogen-bond donors (Lipinski definition) is 1. The summed E-state index contributed by atoms with van der Waals surface area (Å²) in [4.78, 5) is -0.373. The molecule has 1 heterocycles. The van der Waals surface area contributed by atoms with E-state index in [0.29, 0.717) is 23.1 Å². The van der Waals surface area contributed by atoms with Crippen molar-refractivity contribution in [2.24, 2.45) is 0 Å². The van der Waals surface area contributed by atoms with Gasteiger partial charge in [-0.2, -0.15) is 21.6 Å². The largest absolute Gasteiger partial charge is 0.491 e. The second kappa shape index (κ2) is 5.24. The summed E-state index contributed by atoms with van der Waals surface area (Å²) < 4.78 is 75.3. The first kappa shape index (κ1) is 15.8. The molecule has 0 amide bonds. The average molecular weight is 344 g/mol. The Morgan fingerprint density at radius 2 is 1.70 bits per heavy atom. The smallest absolute Gasteiger partial charge is 0.416 e. The van der Waals surface area contributed by atoms with Crippen LogP contribution < -0.4 is 4.74 Å². The van der Waals surface area contributed by atoms with Crippen molar-refractivity contribution in [3.05, 3.63) is 47.5 Å². The van der Waals surface area contributed by atoms with Crippen molar-refractivity contribution in [3.8, 4) is 16.9 Å². The van der Waals surface area contributed by atoms with E-state index < -0.39 is 21.9 Å². The van der Waals surface area contributed by atoms with Gasteiger partial charge in [-0.3, -0.25) is 4.55 Å². The molecule has 0 fully saturated rings. The summed E-state index contributed by atoms with van der Waals surface area (Å²) in [6, 6.07) is 7.21. The molecule has 0 bridgehead atoms. The van der Waals surface area contributed by atoms with Crippen molar-refractivity contribution in [1.82, 2.24) is 0 Å². The van der Waals surface area contributed by atoms with E-state index in [-0.39, 0.29) is 17.3 Å². The standard InChI is InChI=1S/C15H11F3O4S/c16-15(17,18)12-3-1-9(2-4-12)11-7-10-5-6-22-14(10)13(8-11)23(19,20)21/h1-4,7-8H,5-6H2,(H,19,20,21). The maximum absolute atomic E-state index is 12.6. The van der Waals surface area contributed by atoms with Crippen LogP contribution in [-0.4, -0.2) is 19.6 Å². The predicted octanol–water partition coefficient (Wildman–Crippen LogP) is 3.55. The first-order chi connectivity index (χ1) is 10.7. The highest BCUT2D eigenvalue weighted by atomic mass is 32.2. The zero-order valence-electron chi connectivity index (χ0n) is 11.6. The Balaban J connectivity index is 2.11. The Morgan fingerprint density at radius 1 is 1.04 bits per heavy atom. The minimum atomic E-state index is -4.49. The maximum atomic E-state index is 12.6. The van der Waals surface area contributed by atoms with Crippen LogP contribution in [-0.2, 0) is 22.7 Å². The van der Waals surface area contributed by atoms with Crippen LogP contribution in [0.5, 0.6) is 5.75 Å². The van der Waals surface area contributed by atoms with Crippen LogP contribution in [0.4, 0.5) is 13.2 Å². The molecule has 0 aromatic heterocycles. The van der Waals surface area contributed by atoms with Crippen LogP contribution in [0.15, 0.2) is 41.3 Å². The number of benzene rings is 2. The predicted molar refractivity (Wildman–Crippen MR) is 75.9 cm³/mol. The molecule has 0 unspecified atom stereocenters. The average Bonchev–Trinajstić information content (AvgIpc) is 2.92. The summed E-state index contributed by atoms with van der Waals surface area (Å²) in [5.41, 5.74) is 0.615. The molecule has 122 valence electrons. The lowest BCUT2D eigenvalue weighted by atomic mass is 10.0. The van der Waals surface area contributed by atoms with E-state index in [9.17, 15) is 26.1 Å². The highest BCUT2D eigenvalue weighted by Crippen LogP contribution is 2.38. The lowest BCUT2D eigenvalue weighted by molar-refractivity contribution is -0.137. The lowest BCUT2D eigenvalue weighted by Gasteiger charge is -2.11. The van der Waals surface area contributed by atoms with Gasteiger partial charge < -0.3 is 4.74 Å². The van der Waals surface area contributed by atoms with Crippen LogP contribution >= 0.6 is 0 Å². The van der Waals surface area contributed by atoms with E-state index in [1.807, 2.05) is 0 Å². The van der Waals surface area contributed by atoms with Crippen LogP contribution in [0.2, 0.25) is 0 Å². The highest BCUT2D eigenvalue weighted by molar-refractivity contribution is 7.86. The third-order valence-corrected chi connectivity index (χ3v) is 4.43. The molecular weight excluding hydrogens is 333 g/mol. The molecule has 3 rings (SSSR count). The third-order valence-electron chi connectivity index (χ3n) is 3.57. The topological polar surface area (TPSA) is 63.6 Å². The van der Waals surface area contributed by atoms with E-state index in [0.717, 1.165) is 12.1 Å². The lowest BCUT2D eigenvalue weighted by Crippen LogP contribution is -2.04. The highest BCUT2D eigenvalue weighted by Gasteiger charge is 2.30. The molecule has 0 spiro atoms. The van der Waals surface area contributed by atoms with Crippen molar-refractivity contribution in [2.45, 2.75) is 17.5 Å². The van der Waals surface area contributed by atoms with E-state index in [1.165, 1.54) is 18.2 Å². The number of rotatable bonds is 2. The molecule has 2 aromatic carbocycles. The minimum Gasteiger partial charge on any atom is -0.491 e. The molecule has 8 heteroatoms. The van der Waals surface area contributed by atoms with Crippen LogP contribution in [0.25, 0.3) is 11.1 Å². The van der Waals surface area contributed by atoms with Crippen molar-refractivity contribution >= 4 is 10.1 Å². The second-order valence-corrected chi connectivity index (χ2v) is 6.50. The van der Waals surface area contributed by atoms with Crippen molar-refractivity contribution in [3.63, 3.8) is 0 Å². The molecule has 0 atom stereocenters. The zero-order chi connectivity index (χ0) is 16.8.